The summed E-state index contributed by atoms with van der Waals surface area (Å²) in [5.41, 5.74) is 0.583. The topological polar surface area (TPSA) is 93.3 Å². The Balaban J connectivity index is 1.94. The summed E-state index contributed by atoms with van der Waals surface area (Å²) in [7, 11) is 1.62. The average molecular weight is 375 g/mol. The lowest BCUT2D eigenvalue weighted by Gasteiger charge is -2.37. The van der Waals surface area contributed by atoms with E-state index < -0.39 is 23.1 Å². The first-order chi connectivity index (χ1) is 13.5. The van der Waals surface area contributed by atoms with Crippen LogP contribution in [0, 0.1) is 12.3 Å². The predicted octanol–water partition coefficient (Wildman–Crippen LogP) is 1.04. The van der Waals surface area contributed by atoms with Crippen molar-refractivity contribution in [1.82, 2.24) is 24.5 Å². The molecule has 1 aliphatic rings. The zero-order chi connectivity index (χ0) is 19.8. The number of hydrogen-bond acceptors (Lipinski definition) is 5. The Morgan fingerprint density at radius 3 is 2.68 bits per heavy atom. The molecule has 3 heterocycles. The fourth-order valence-electron chi connectivity index (χ4n) is 3.54. The number of carbonyl (C=O) groups excluding carboxylic acids is 1. The van der Waals surface area contributed by atoms with Crippen LogP contribution in [0.15, 0.2) is 53.6 Å². The Morgan fingerprint density at radius 2 is 2.00 bits per heavy atom. The Bertz CT molecular complexity index is 1140. The largest absolute Gasteiger partial charge is 0.502 e. The molecule has 28 heavy (non-hydrogen) atoms. The third-order valence-corrected chi connectivity index (χ3v) is 4.86. The van der Waals surface area contributed by atoms with Crippen LogP contribution in [0.3, 0.4) is 0 Å². The summed E-state index contributed by atoms with van der Waals surface area (Å²) in [4.78, 5) is 25.9. The monoisotopic (exact) mass is 375 g/mol. The van der Waals surface area contributed by atoms with Crippen LogP contribution in [0.25, 0.3) is 0 Å². The lowest BCUT2D eigenvalue weighted by Crippen LogP contribution is -2.46. The molecule has 140 valence electrons. The van der Waals surface area contributed by atoms with Crippen molar-refractivity contribution in [2.75, 3.05) is 13.6 Å². The predicted molar refractivity (Wildman–Crippen MR) is 101 cm³/mol. The summed E-state index contributed by atoms with van der Waals surface area (Å²) < 4.78 is 3.13. The second kappa shape index (κ2) is 6.70. The number of likely N-dealkylation sites (N-methyl/N-ethyl adjacent to an activating group) is 1. The van der Waals surface area contributed by atoms with Gasteiger partial charge >= 0.3 is 0 Å². The zero-order valence-electron chi connectivity index (χ0n) is 15.1. The van der Waals surface area contributed by atoms with Gasteiger partial charge in [0, 0.05) is 19.8 Å². The molecular weight excluding hydrogens is 358 g/mol. The van der Waals surface area contributed by atoms with E-state index in [-0.39, 0.29) is 11.7 Å². The van der Waals surface area contributed by atoms with Crippen molar-refractivity contribution in [3.63, 3.8) is 0 Å². The van der Waals surface area contributed by atoms with Crippen LogP contribution >= 0.6 is 0 Å². The van der Waals surface area contributed by atoms with Crippen molar-refractivity contribution < 1.29 is 9.90 Å². The highest BCUT2D eigenvalue weighted by Gasteiger charge is 2.38. The number of nitrogens with zero attached hydrogens (tertiary/aromatic N) is 5. The normalized spacial score (nSPS) is 17.1. The molecule has 3 aromatic rings. The molecule has 1 unspecified atom stereocenters. The van der Waals surface area contributed by atoms with Crippen molar-refractivity contribution in [2.24, 2.45) is 0 Å². The first-order valence-corrected chi connectivity index (χ1v) is 8.64. The highest BCUT2D eigenvalue weighted by atomic mass is 16.3. The summed E-state index contributed by atoms with van der Waals surface area (Å²) >= 11 is 0. The van der Waals surface area contributed by atoms with E-state index in [9.17, 15) is 14.7 Å². The molecule has 0 bridgehead atoms. The second-order valence-corrected chi connectivity index (χ2v) is 6.58. The van der Waals surface area contributed by atoms with E-state index in [0.29, 0.717) is 12.2 Å². The van der Waals surface area contributed by atoms with Gasteiger partial charge in [-0.25, -0.2) is 4.68 Å². The summed E-state index contributed by atoms with van der Waals surface area (Å²) in [6.45, 7) is 0.311. The molecule has 0 fully saturated rings. The molecule has 0 spiro atoms. The summed E-state index contributed by atoms with van der Waals surface area (Å²) in [5, 5.41) is 18.9. The fourth-order valence-corrected chi connectivity index (χ4v) is 3.54. The first kappa shape index (κ1) is 17.5. The number of benzene rings is 1. The smallest absolute Gasteiger partial charge is 0.275 e. The van der Waals surface area contributed by atoms with E-state index >= 15 is 0 Å². The maximum atomic E-state index is 12.6. The number of hydrogen-bond donors (Lipinski definition) is 1. The zero-order valence-corrected chi connectivity index (χ0v) is 15.1. The Hall–Kier alpha value is -3.86. The van der Waals surface area contributed by atoms with Crippen molar-refractivity contribution in [1.29, 1.82) is 0 Å². The van der Waals surface area contributed by atoms with Gasteiger partial charge in [0.15, 0.2) is 11.4 Å². The Kier molecular flexibility index (Phi) is 4.20. The SMILES string of the molecule is C#Cc1ccn([C@@H](c2ccccc2)C2CN(C)C(=O)c3c(O)c(=O)cnn32)n1. The molecule has 1 aromatic carbocycles. The summed E-state index contributed by atoms with van der Waals surface area (Å²) in [5.74, 6) is 1.44. The van der Waals surface area contributed by atoms with Crippen LogP contribution in [0.2, 0.25) is 0 Å². The maximum Gasteiger partial charge on any atom is 0.275 e. The minimum Gasteiger partial charge on any atom is -0.502 e. The molecule has 0 radical (unpaired) electrons. The van der Waals surface area contributed by atoms with Gasteiger partial charge in [-0.05, 0) is 17.6 Å². The van der Waals surface area contributed by atoms with Gasteiger partial charge in [0.25, 0.3) is 5.91 Å². The van der Waals surface area contributed by atoms with Gasteiger partial charge in [-0.1, -0.05) is 30.3 Å². The van der Waals surface area contributed by atoms with Gasteiger partial charge in [-0.2, -0.15) is 10.2 Å². The van der Waals surface area contributed by atoms with Gasteiger partial charge in [0.2, 0.25) is 5.43 Å². The number of aromatic hydroxyl groups is 1. The van der Waals surface area contributed by atoms with Crippen LogP contribution in [-0.4, -0.2) is 49.1 Å². The Labute approximate surface area is 160 Å². The highest BCUT2D eigenvalue weighted by Crippen LogP contribution is 2.35. The van der Waals surface area contributed by atoms with Crippen molar-refractivity contribution in [2.45, 2.75) is 12.1 Å². The fraction of sp³-hybridized carbons (Fsp3) is 0.200. The molecule has 2 atom stereocenters. The maximum absolute atomic E-state index is 12.6. The van der Waals surface area contributed by atoms with E-state index in [2.05, 4.69) is 16.1 Å². The van der Waals surface area contributed by atoms with Crippen LogP contribution in [0.5, 0.6) is 5.75 Å². The van der Waals surface area contributed by atoms with Crippen molar-refractivity contribution >= 4 is 5.91 Å². The molecule has 4 rings (SSSR count). The molecular formula is C20H17N5O3. The molecule has 2 aromatic heterocycles. The van der Waals surface area contributed by atoms with Crippen LogP contribution in [0.4, 0.5) is 0 Å². The molecule has 1 aliphatic heterocycles. The molecule has 0 saturated heterocycles. The summed E-state index contributed by atoms with van der Waals surface area (Å²) in [6.07, 6.45) is 8.26. The van der Waals surface area contributed by atoms with Crippen LogP contribution in [-0.2, 0) is 0 Å². The van der Waals surface area contributed by atoms with E-state index in [4.69, 9.17) is 6.42 Å². The minimum atomic E-state index is -0.696. The van der Waals surface area contributed by atoms with Gasteiger partial charge in [0.05, 0.1) is 12.2 Å². The van der Waals surface area contributed by atoms with E-state index in [0.717, 1.165) is 11.8 Å². The van der Waals surface area contributed by atoms with Gasteiger partial charge in [0.1, 0.15) is 11.7 Å². The molecule has 0 aliphatic carbocycles. The third-order valence-electron chi connectivity index (χ3n) is 4.86. The molecule has 1 N–H and O–H groups in total. The molecule has 8 nitrogen and oxygen atoms in total. The number of aromatic nitrogens is 4. The van der Waals surface area contributed by atoms with Gasteiger partial charge < -0.3 is 10.0 Å². The van der Waals surface area contributed by atoms with Crippen LogP contribution in [0.1, 0.15) is 33.8 Å². The standard InChI is InChI=1S/C20H17N5O3/c1-3-14-9-10-24(22-14)17(13-7-5-4-6-8-13)15-12-23(2)20(28)18-19(27)16(26)11-21-25(15)18/h1,4-11,15,17,27H,12H2,2H3/t15?,17-/m0/s1. The quantitative estimate of drug-likeness (QED) is 0.691. The lowest BCUT2D eigenvalue weighted by molar-refractivity contribution is 0.0667. The molecule has 0 saturated carbocycles. The number of terminal acetylenes is 1. The van der Waals surface area contributed by atoms with Crippen molar-refractivity contribution in [3.05, 3.63) is 76.0 Å². The third kappa shape index (κ3) is 2.74. The minimum absolute atomic E-state index is 0.128. The second-order valence-electron chi connectivity index (χ2n) is 6.58. The molecule has 1 amide bonds. The highest BCUT2D eigenvalue weighted by molar-refractivity contribution is 5.95. The van der Waals surface area contributed by atoms with Gasteiger partial charge in [-0.3, -0.25) is 14.3 Å². The number of amides is 1. The number of carbonyl (C=O) groups is 1. The first-order valence-electron chi connectivity index (χ1n) is 8.64. The van der Waals surface area contributed by atoms with E-state index in [1.54, 1.807) is 24.0 Å². The van der Waals surface area contributed by atoms with Crippen molar-refractivity contribution in [3.8, 4) is 18.1 Å². The number of rotatable bonds is 3. The lowest BCUT2D eigenvalue weighted by atomic mass is 9.97. The number of fused-ring (bicyclic) bond motifs is 1. The molecule has 8 heteroatoms. The Morgan fingerprint density at radius 1 is 1.25 bits per heavy atom. The van der Waals surface area contributed by atoms with Crippen LogP contribution < -0.4 is 5.43 Å². The summed E-state index contributed by atoms with van der Waals surface area (Å²) in [6, 6.07) is 10.5. The van der Waals surface area contributed by atoms with Gasteiger partial charge in [-0.15, -0.1) is 6.42 Å². The average Bonchev–Trinajstić information content (AvgIpc) is 3.18. The van der Waals surface area contributed by atoms with E-state index in [1.165, 1.54) is 9.58 Å². The van der Waals surface area contributed by atoms with E-state index in [1.807, 2.05) is 30.3 Å².